The summed E-state index contributed by atoms with van der Waals surface area (Å²) < 4.78 is -0.472. The third kappa shape index (κ3) is 2310. The van der Waals surface area contributed by atoms with Crippen molar-refractivity contribution in [2.24, 2.45) is 0 Å². The maximum absolute atomic E-state index is 8.82. The number of nitro groups is 1. The van der Waals surface area contributed by atoms with Crippen molar-refractivity contribution in [3.63, 3.8) is 0 Å². The second kappa shape index (κ2) is 56.6. The summed E-state index contributed by atoms with van der Waals surface area (Å²) in [6.07, 6.45) is 0. The first kappa shape index (κ1) is 68.5. The van der Waals surface area contributed by atoms with E-state index in [1.165, 1.54) is 0 Å². The van der Waals surface area contributed by atoms with Crippen LogP contribution in [0.15, 0.2) is 0 Å². The zero-order valence-electron chi connectivity index (χ0n) is 7.96. The topological polar surface area (TPSA) is 365 Å². The van der Waals surface area contributed by atoms with E-state index in [-0.39, 0.29) is 32.9 Å². The van der Waals surface area contributed by atoms with E-state index in [4.69, 9.17) is 40.8 Å². The van der Waals surface area contributed by atoms with Gasteiger partial charge in [-0.05, 0) is 0 Å². The maximum atomic E-state index is 8.82. The third-order valence-electron chi connectivity index (χ3n) is 0. The van der Waals surface area contributed by atoms with Crippen LogP contribution in [0.1, 0.15) is 0 Å². The van der Waals surface area contributed by atoms with Crippen LogP contribution in [0, 0.1) is 79.0 Å². The third-order valence-corrected chi connectivity index (χ3v) is 0. The molecule has 0 aromatic heterocycles. The smallest absolute Gasteiger partial charge is 0.0689 e. The van der Waals surface area contributed by atoms with Gasteiger partial charge in [0.25, 0.3) is 0 Å². The summed E-state index contributed by atoms with van der Waals surface area (Å²) in [6.45, 7) is 0. The SMILES string of the molecule is O.O.O.O.O.O.O=[N+]([O-])[Gd+2].O=[N+]([O-])[O-].O=[N+]([O-])[O-]. The first-order valence-electron chi connectivity index (χ1n) is 1.62. The quantitative estimate of drug-likeness (QED) is 0.260. The molecule has 0 heterocycles. The summed E-state index contributed by atoms with van der Waals surface area (Å²) in [7, 11) is 0. The van der Waals surface area contributed by atoms with Crippen LogP contribution in [0.4, 0.5) is 0 Å². The van der Waals surface area contributed by atoms with Crippen LogP contribution >= 0.6 is 0 Å². The van der Waals surface area contributed by atoms with E-state index < -0.39 is 11.3 Å². The molecule has 18 heavy (non-hydrogen) atoms. The molecule has 0 saturated heterocycles. The predicted octanol–water partition coefficient (Wildman–Crippen LogP) is -5.70. The summed E-state index contributed by atoms with van der Waals surface area (Å²) in [5, 5.41) is 38.3. The standard InChI is InChI=1S/Gd.2NO3.NO2.6H2O/c;2*2-1(3)4;2-1-3;;;;;;/h;;;;6*1H2/q+2;2*-1;;;;;;;. The van der Waals surface area contributed by atoms with Gasteiger partial charge in [0, 0.05) is 0 Å². The molecule has 0 spiro atoms. The molecule has 0 aliphatic rings. The normalized spacial score (nSPS) is 4.00. The van der Waals surface area contributed by atoms with Gasteiger partial charge in [-0.1, -0.05) is 0 Å². The number of hydrogen-bond donors (Lipinski definition) is 0. The molecule has 119 valence electrons. The summed E-state index contributed by atoms with van der Waals surface area (Å²) in [5.74, 6) is 0. The second-order valence-corrected chi connectivity index (χ2v) is 1.48. The number of rotatable bonds is 0. The molecule has 0 radical (unpaired) electrons. The summed E-state index contributed by atoms with van der Waals surface area (Å²) in [4.78, 5) is 25.3. The minimum absolute atomic E-state index is 0. The van der Waals surface area contributed by atoms with Crippen LogP contribution in [0.25, 0.3) is 0 Å². The molecular formula is H12GdN3O14. The van der Waals surface area contributed by atoms with E-state index in [0.29, 0.717) is 0 Å². The Labute approximate surface area is 123 Å². The zero-order chi connectivity index (χ0) is 10.7. The molecule has 17 nitrogen and oxygen atoms in total. The van der Waals surface area contributed by atoms with Crippen molar-refractivity contribution >= 4 is 0 Å². The fourth-order valence-corrected chi connectivity index (χ4v) is 0. The van der Waals surface area contributed by atoms with Crippen molar-refractivity contribution in [2.45, 2.75) is 0 Å². The number of nitrogens with zero attached hydrogens (tertiary/aromatic N) is 3. The van der Waals surface area contributed by atoms with Crippen molar-refractivity contribution in [2.75, 3.05) is 0 Å². The maximum Gasteiger partial charge on any atom is 0.0689 e. The monoisotopic (exact) mass is 436 g/mol. The zero-order valence-corrected chi connectivity index (χ0v) is 10.2. The second-order valence-electron chi connectivity index (χ2n) is 0.651. The Kier molecular flexibility index (Phi) is 216. The average Bonchev–Trinajstić information content (AvgIpc) is 1.54. The van der Waals surface area contributed by atoms with Crippen LogP contribution in [0.5, 0.6) is 0 Å². The van der Waals surface area contributed by atoms with Crippen molar-refractivity contribution in [1.29, 1.82) is 0 Å². The number of hydrogen-bond acceptors (Lipinski definition) is 8. The van der Waals surface area contributed by atoms with Gasteiger partial charge in [-0.2, -0.15) is 0 Å². The molecule has 0 atom stereocenters. The Balaban J connectivity index is -0.00000000827. The van der Waals surface area contributed by atoms with Crippen molar-refractivity contribution < 1.29 is 82.4 Å². The van der Waals surface area contributed by atoms with Crippen LogP contribution in [0.3, 0.4) is 0 Å². The summed E-state index contributed by atoms with van der Waals surface area (Å²) >= 11 is 0.725. The van der Waals surface area contributed by atoms with E-state index >= 15 is 0 Å². The van der Waals surface area contributed by atoms with E-state index in [9.17, 15) is 0 Å². The van der Waals surface area contributed by atoms with Gasteiger partial charge in [0.15, 0.2) is 0 Å². The van der Waals surface area contributed by atoms with Gasteiger partial charge in [0.05, 0.1) is 10.2 Å². The summed E-state index contributed by atoms with van der Waals surface area (Å²) in [5.41, 5.74) is 0. The fraction of sp³-hybridized carbons (Fsp3) is 0. The molecule has 0 aromatic carbocycles. The van der Waals surface area contributed by atoms with Crippen LogP contribution in [-0.4, -0.2) is 44.2 Å². The largest absolute Gasteiger partial charge is 0.356 e. The predicted molar refractivity (Wildman–Crippen MR) is 49.4 cm³/mol. The molecule has 0 rings (SSSR count). The average molecular weight is 435 g/mol. The van der Waals surface area contributed by atoms with Crippen LogP contribution < -0.4 is 0 Å². The molecule has 18 heteroatoms. The van der Waals surface area contributed by atoms with Crippen LogP contribution in [0.2, 0.25) is 0 Å². The van der Waals surface area contributed by atoms with E-state index in [1.54, 1.807) is 0 Å². The Bertz CT molecular complexity index is 115. The van der Waals surface area contributed by atoms with Gasteiger partial charge in [0.2, 0.25) is 0 Å². The Morgan fingerprint density at radius 1 is 0.556 bits per heavy atom. The van der Waals surface area contributed by atoms with Gasteiger partial charge < -0.3 is 63.5 Å². The van der Waals surface area contributed by atoms with Gasteiger partial charge in [0.1, 0.15) is 0 Å². The van der Waals surface area contributed by atoms with Gasteiger partial charge >= 0.3 is 49.5 Å². The molecule has 0 fully saturated rings. The van der Waals surface area contributed by atoms with Crippen molar-refractivity contribution in [3.05, 3.63) is 40.8 Å². The Morgan fingerprint density at radius 2 is 0.556 bits per heavy atom. The molecule has 0 aliphatic carbocycles. The van der Waals surface area contributed by atoms with Gasteiger partial charge in [-0.15, -0.1) is 0 Å². The first-order chi connectivity index (χ1) is 5.20. The molecule has 0 bridgehead atoms. The fourth-order valence-electron chi connectivity index (χ4n) is 0. The Hall–Kier alpha value is -1.12. The molecule has 0 unspecified atom stereocenters. The van der Waals surface area contributed by atoms with Gasteiger partial charge in [-0.25, -0.2) is 0 Å². The van der Waals surface area contributed by atoms with E-state index in [1.807, 2.05) is 0 Å². The molecular weight excluding hydrogens is 423 g/mol. The first-order valence-corrected chi connectivity index (χ1v) is 2.63. The summed E-state index contributed by atoms with van der Waals surface area (Å²) in [6, 6.07) is 0. The van der Waals surface area contributed by atoms with Crippen molar-refractivity contribution in [3.8, 4) is 0 Å². The minimum atomic E-state index is -1.75. The molecule has 12 N–H and O–H groups in total. The Morgan fingerprint density at radius 3 is 0.556 bits per heavy atom. The van der Waals surface area contributed by atoms with Crippen molar-refractivity contribution in [1.82, 2.24) is 0 Å². The molecule has 0 saturated carbocycles. The van der Waals surface area contributed by atoms with E-state index in [0.717, 1.165) is 38.3 Å². The minimum Gasteiger partial charge on any atom is -0.356 e. The van der Waals surface area contributed by atoms with E-state index in [2.05, 4.69) is 0 Å². The molecule has 0 aromatic rings. The molecule has 0 amide bonds. The molecule has 0 aliphatic heterocycles. The van der Waals surface area contributed by atoms with Crippen LogP contribution in [-0.2, 0) is 0 Å². The van der Waals surface area contributed by atoms with Gasteiger partial charge in [-0.3, -0.25) is 0 Å².